The molecule has 0 spiro atoms. The minimum Gasteiger partial charge on any atom is -0.508 e. The number of hydrogen-bond donors (Lipinski definition) is 4. The van der Waals surface area contributed by atoms with Crippen LogP contribution in [0.15, 0.2) is 73.1 Å². The third-order valence-corrected chi connectivity index (χ3v) is 6.35. The second kappa shape index (κ2) is 9.11. The van der Waals surface area contributed by atoms with Crippen molar-refractivity contribution in [2.24, 2.45) is 5.92 Å². The standard InChI is InChI=1S/C29H23FN6O2/c1-15(2)29(38)32-19-9-17(13-31-14-19)23-6-7-25-27(34-23)28(36-35-25)26-12-22-21(4-3-5-24(22)33-26)16-8-18(30)11-20(37)10-16/h3-15,33,37H,1-2H3,(H,32,38)(H,35,36). The first kappa shape index (κ1) is 23.4. The zero-order valence-corrected chi connectivity index (χ0v) is 20.6. The summed E-state index contributed by atoms with van der Waals surface area (Å²) in [5.74, 6) is -0.878. The number of rotatable bonds is 5. The number of amides is 1. The second-order valence-electron chi connectivity index (χ2n) is 9.42. The van der Waals surface area contributed by atoms with E-state index in [1.165, 1.54) is 12.1 Å². The summed E-state index contributed by atoms with van der Waals surface area (Å²) >= 11 is 0. The van der Waals surface area contributed by atoms with Crippen LogP contribution < -0.4 is 5.32 Å². The number of carbonyl (C=O) groups excluding carboxylic acids is 1. The summed E-state index contributed by atoms with van der Waals surface area (Å²) in [5.41, 5.74) is 7.01. The summed E-state index contributed by atoms with van der Waals surface area (Å²) in [6, 6.07) is 17.2. The van der Waals surface area contributed by atoms with Crippen molar-refractivity contribution in [1.29, 1.82) is 0 Å². The van der Waals surface area contributed by atoms with E-state index in [-0.39, 0.29) is 17.6 Å². The highest BCUT2D eigenvalue weighted by molar-refractivity contribution is 6.00. The Morgan fingerprint density at radius 3 is 2.68 bits per heavy atom. The molecule has 0 saturated carbocycles. The molecule has 0 aliphatic carbocycles. The van der Waals surface area contributed by atoms with E-state index >= 15 is 0 Å². The molecule has 0 unspecified atom stereocenters. The summed E-state index contributed by atoms with van der Waals surface area (Å²) in [7, 11) is 0. The van der Waals surface area contributed by atoms with Crippen LogP contribution in [0.5, 0.6) is 5.75 Å². The lowest BCUT2D eigenvalue weighted by molar-refractivity contribution is -0.118. The van der Waals surface area contributed by atoms with Gasteiger partial charge in [0, 0.05) is 34.6 Å². The molecule has 0 saturated heterocycles. The Morgan fingerprint density at radius 1 is 1.00 bits per heavy atom. The molecule has 1 amide bonds. The third-order valence-electron chi connectivity index (χ3n) is 6.35. The predicted octanol–water partition coefficient (Wildman–Crippen LogP) is 6.27. The average Bonchev–Trinajstić information content (AvgIpc) is 3.51. The van der Waals surface area contributed by atoms with Gasteiger partial charge in [-0.05, 0) is 53.6 Å². The number of halogens is 1. The van der Waals surface area contributed by atoms with E-state index < -0.39 is 5.82 Å². The zero-order chi connectivity index (χ0) is 26.4. The van der Waals surface area contributed by atoms with Gasteiger partial charge in [0.15, 0.2) is 0 Å². The molecule has 4 N–H and O–H groups in total. The molecule has 6 aromatic rings. The van der Waals surface area contributed by atoms with Gasteiger partial charge < -0.3 is 15.4 Å². The van der Waals surface area contributed by atoms with Gasteiger partial charge in [0.05, 0.1) is 28.8 Å². The number of nitrogens with one attached hydrogen (secondary N) is 3. The predicted molar refractivity (Wildman–Crippen MR) is 145 cm³/mol. The van der Waals surface area contributed by atoms with Crippen molar-refractivity contribution in [3.05, 3.63) is 78.9 Å². The highest BCUT2D eigenvalue weighted by Crippen LogP contribution is 2.35. The lowest BCUT2D eigenvalue weighted by Gasteiger charge is -2.08. The minimum atomic E-state index is -0.509. The van der Waals surface area contributed by atoms with Crippen LogP contribution in [-0.4, -0.2) is 36.2 Å². The summed E-state index contributed by atoms with van der Waals surface area (Å²) in [6.07, 6.45) is 3.30. The lowest BCUT2D eigenvalue weighted by Crippen LogP contribution is -2.17. The summed E-state index contributed by atoms with van der Waals surface area (Å²) in [6.45, 7) is 3.66. The molecule has 2 aromatic carbocycles. The highest BCUT2D eigenvalue weighted by Gasteiger charge is 2.16. The van der Waals surface area contributed by atoms with E-state index in [2.05, 4.69) is 25.5 Å². The largest absolute Gasteiger partial charge is 0.508 e. The van der Waals surface area contributed by atoms with E-state index in [0.717, 1.165) is 39.3 Å². The van der Waals surface area contributed by atoms with Gasteiger partial charge in [-0.15, -0.1) is 0 Å². The van der Waals surface area contributed by atoms with Crippen LogP contribution in [0.3, 0.4) is 0 Å². The monoisotopic (exact) mass is 506 g/mol. The molecular formula is C29H23FN6O2. The molecule has 0 bridgehead atoms. The first-order chi connectivity index (χ1) is 18.4. The molecular weight excluding hydrogens is 483 g/mol. The molecule has 4 heterocycles. The molecule has 0 aliphatic rings. The van der Waals surface area contributed by atoms with Gasteiger partial charge in [-0.1, -0.05) is 26.0 Å². The molecule has 0 aliphatic heterocycles. The number of anilines is 1. The number of pyridine rings is 2. The van der Waals surface area contributed by atoms with Gasteiger partial charge in [0.25, 0.3) is 0 Å². The number of phenols is 1. The number of hydrogen-bond acceptors (Lipinski definition) is 5. The average molecular weight is 507 g/mol. The van der Waals surface area contributed by atoms with Crippen LogP contribution in [-0.2, 0) is 4.79 Å². The Hall–Kier alpha value is -5.05. The lowest BCUT2D eigenvalue weighted by atomic mass is 10.0. The fraction of sp³-hybridized carbons (Fsp3) is 0.103. The van der Waals surface area contributed by atoms with Crippen LogP contribution in [0, 0.1) is 11.7 Å². The molecule has 188 valence electrons. The Morgan fingerprint density at radius 2 is 1.87 bits per heavy atom. The van der Waals surface area contributed by atoms with Crippen molar-refractivity contribution in [2.45, 2.75) is 13.8 Å². The zero-order valence-electron chi connectivity index (χ0n) is 20.6. The van der Waals surface area contributed by atoms with Crippen LogP contribution in [0.1, 0.15) is 13.8 Å². The van der Waals surface area contributed by atoms with Gasteiger partial charge in [-0.3, -0.25) is 14.9 Å². The molecule has 9 heteroatoms. The van der Waals surface area contributed by atoms with Crippen LogP contribution in [0.25, 0.3) is 55.7 Å². The topological polar surface area (TPSA) is 120 Å². The third kappa shape index (κ3) is 4.24. The maximum Gasteiger partial charge on any atom is 0.226 e. The van der Waals surface area contributed by atoms with Crippen LogP contribution in [0.4, 0.5) is 10.1 Å². The van der Waals surface area contributed by atoms with E-state index in [1.807, 2.05) is 56.3 Å². The van der Waals surface area contributed by atoms with Crippen molar-refractivity contribution in [3.63, 3.8) is 0 Å². The van der Waals surface area contributed by atoms with Crippen molar-refractivity contribution >= 4 is 33.5 Å². The second-order valence-corrected chi connectivity index (χ2v) is 9.42. The number of aromatic hydroxyl groups is 1. The fourth-order valence-corrected chi connectivity index (χ4v) is 4.45. The Kier molecular flexibility index (Phi) is 5.60. The number of fused-ring (bicyclic) bond motifs is 2. The smallest absolute Gasteiger partial charge is 0.226 e. The van der Waals surface area contributed by atoms with Crippen molar-refractivity contribution in [2.75, 3.05) is 5.32 Å². The maximum absolute atomic E-state index is 14.0. The first-order valence-corrected chi connectivity index (χ1v) is 12.1. The Bertz CT molecular complexity index is 1820. The molecule has 0 fully saturated rings. The molecule has 38 heavy (non-hydrogen) atoms. The highest BCUT2D eigenvalue weighted by atomic mass is 19.1. The number of nitrogens with zero attached hydrogens (tertiary/aromatic N) is 3. The van der Waals surface area contributed by atoms with E-state index in [9.17, 15) is 14.3 Å². The Labute approximate surface area is 216 Å². The summed E-state index contributed by atoms with van der Waals surface area (Å²) < 4.78 is 14.0. The fourth-order valence-electron chi connectivity index (χ4n) is 4.45. The number of carbonyl (C=O) groups is 1. The van der Waals surface area contributed by atoms with Gasteiger partial charge in [-0.2, -0.15) is 5.10 Å². The number of aromatic amines is 2. The number of H-pyrrole nitrogens is 2. The minimum absolute atomic E-state index is 0.0869. The summed E-state index contributed by atoms with van der Waals surface area (Å²) in [5, 5.41) is 21.2. The van der Waals surface area contributed by atoms with Gasteiger partial charge in [0.2, 0.25) is 5.91 Å². The van der Waals surface area contributed by atoms with Gasteiger partial charge in [-0.25, -0.2) is 9.37 Å². The van der Waals surface area contributed by atoms with E-state index in [1.54, 1.807) is 12.4 Å². The maximum atomic E-state index is 14.0. The molecule has 0 atom stereocenters. The number of aromatic nitrogens is 5. The summed E-state index contributed by atoms with van der Waals surface area (Å²) in [4.78, 5) is 24.6. The molecule has 8 nitrogen and oxygen atoms in total. The van der Waals surface area contributed by atoms with E-state index in [0.29, 0.717) is 28.2 Å². The molecule has 0 radical (unpaired) electrons. The Balaban J connectivity index is 1.42. The van der Waals surface area contributed by atoms with Crippen molar-refractivity contribution < 1.29 is 14.3 Å². The van der Waals surface area contributed by atoms with Crippen molar-refractivity contribution in [1.82, 2.24) is 25.1 Å². The van der Waals surface area contributed by atoms with Crippen molar-refractivity contribution in [3.8, 4) is 39.5 Å². The quantitative estimate of drug-likeness (QED) is 0.220. The molecule has 4 aromatic heterocycles. The number of phenolic OH excluding ortho intramolecular Hbond substituents is 1. The van der Waals surface area contributed by atoms with Crippen LogP contribution in [0.2, 0.25) is 0 Å². The molecule has 6 rings (SSSR count). The normalized spacial score (nSPS) is 11.5. The number of benzene rings is 2. The van der Waals surface area contributed by atoms with E-state index in [4.69, 9.17) is 4.98 Å². The van der Waals surface area contributed by atoms with Crippen LogP contribution >= 0.6 is 0 Å². The SMILES string of the molecule is CC(C)C(=O)Nc1cncc(-c2ccc3[nH]nc(-c4cc5c(-c6cc(O)cc(F)c6)cccc5[nH]4)c3n2)c1. The van der Waals surface area contributed by atoms with Gasteiger partial charge in [0.1, 0.15) is 22.8 Å². The van der Waals surface area contributed by atoms with Gasteiger partial charge >= 0.3 is 0 Å². The first-order valence-electron chi connectivity index (χ1n) is 12.1.